The Morgan fingerprint density at radius 2 is 2.00 bits per heavy atom. The van der Waals surface area contributed by atoms with Crippen molar-refractivity contribution in [2.45, 2.75) is 26.0 Å². The summed E-state index contributed by atoms with van der Waals surface area (Å²) in [6, 6.07) is 12.1. The summed E-state index contributed by atoms with van der Waals surface area (Å²) in [6.07, 6.45) is 8.16. The molecule has 6 heteroatoms. The topological polar surface area (TPSA) is 52.3 Å². The Morgan fingerprint density at radius 1 is 1.22 bits per heavy atom. The SMILES string of the molecule is CCn1cc([C@@H]2CN(C(=O)Cc3ccc(-n4cccc4)cc3)CCO2)cn1. The number of carbonyl (C=O) groups excluding carboxylic acids is 1. The lowest BCUT2D eigenvalue weighted by Gasteiger charge is -2.32. The fourth-order valence-electron chi connectivity index (χ4n) is 3.38. The molecule has 0 unspecified atom stereocenters. The van der Waals surface area contributed by atoms with Crippen LogP contribution in [0.4, 0.5) is 0 Å². The van der Waals surface area contributed by atoms with Crippen molar-refractivity contribution in [3.05, 3.63) is 72.3 Å². The van der Waals surface area contributed by atoms with Crippen LogP contribution in [0.15, 0.2) is 61.2 Å². The van der Waals surface area contributed by atoms with Gasteiger partial charge in [0.2, 0.25) is 5.91 Å². The predicted molar refractivity (Wildman–Crippen MR) is 103 cm³/mol. The Labute approximate surface area is 159 Å². The van der Waals surface area contributed by atoms with Crippen LogP contribution in [0.25, 0.3) is 5.69 Å². The summed E-state index contributed by atoms with van der Waals surface area (Å²) < 4.78 is 9.79. The number of morpholine rings is 1. The zero-order valence-electron chi connectivity index (χ0n) is 15.5. The van der Waals surface area contributed by atoms with E-state index in [-0.39, 0.29) is 12.0 Å². The molecule has 1 atom stereocenters. The molecule has 0 radical (unpaired) electrons. The molecule has 1 amide bonds. The second kappa shape index (κ2) is 7.80. The van der Waals surface area contributed by atoms with Crippen LogP contribution < -0.4 is 0 Å². The third-order valence-electron chi connectivity index (χ3n) is 4.96. The highest BCUT2D eigenvalue weighted by Gasteiger charge is 2.26. The molecular weight excluding hydrogens is 340 g/mol. The molecule has 0 saturated carbocycles. The van der Waals surface area contributed by atoms with Crippen LogP contribution in [0.2, 0.25) is 0 Å². The van der Waals surface area contributed by atoms with Gasteiger partial charge in [0.05, 0.1) is 25.8 Å². The summed E-state index contributed by atoms with van der Waals surface area (Å²) in [7, 11) is 0. The molecule has 3 heterocycles. The molecule has 27 heavy (non-hydrogen) atoms. The quantitative estimate of drug-likeness (QED) is 0.700. The summed E-state index contributed by atoms with van der Waals surface area (Å²) in [6.45, 7) is 4.65. The van der Waals surface area contributed by atoms with Crippen LogP contribution in [0.5, 0.6) is 0 Å². The molecule has 0 spiro atoms. The molecule has 1 aliphatic heterocycles. The first-order valence-electron chi connectivity index (χ1n) is 9.37. The van der Waals surface area contributed by atoms with E-state index in [4.69, 9.17) is 4.74 Å². The summed E-state index contributed by atoms with van der Waals surface area (Å²) in [4.78, 5) is 14.7. The number of carbonyl (C=O) groups is 1. The largest absolute Gasteiger partial charge is 0.370 e. The van der Waals surface area contributed by atoms with Crippen molar-refractivity contribution in [1.29, 1.82) is 0 Å². The number of nitrogens with zero attached hydrogens (tertiary/aromatic N) is 4. The van der Waals surface area contributed by atoms with Gasteiger partial charge < -0.3 is 14.2 Å². The lowest BCUT2D eigenvalue weighted by Crippen LogP contribution is -2.42. The van der Waals surface area contributed by atoms with Gasteiger partial charge in [-0.1, -0.05) is 12.1 Å². The number of amides is 1. The van der Waals surface area contributed by atoms with E-state index in [2.05, 4.69) is 16.6 Å². The average Bonchev–Trinajstić information content (AvgIpc) is 3.41. The Hall–Kier alpha value is -2.86. The minimum absolute atomic E-state index is 0.0980. The highest BCUT2D eigenvalue weighted by molar-refractivity contribution is 5.79. The molecular formula is C21H24N4O2. The maximum absolute atomic E-state index is 12.8. The highest BCUT2D eigenvalue weighted by Crippen LogP contribution is 2.22. The monoisotopic (exact) mass is 364 g/mol. The van der Waals surface area contributed by atoms with Gasteiger partial charge in [-0.3, -0.25) is 9.48 Å². The van der Waals surface area contributed by atoms with Crippen molar-refractivity contribution in [1.82, 2.24) is 19.2 Å². The minimum Gasteiger partial charge on any atom is -0.370 e. The van der Waals surface area contributed by atoms with Gasteiger partial charge in [-0.25, -0.2) is 0 Å². The van der Waals surface area contributed by atoms with Gasteiger partial charge in [0, 0.05) is 42.9 Å². The smallest absolute Gasteiger partial charge is 0.227 e. The zero-order chi connectivity index (χ0) is 18.6. The van der Waals surface area contributed by atoms with Crippen LogP contribution in [0.3, 0.4) is 0 Å². The van der Waals surface area contributed by atoms with Gasteiger partial charge in [0.25, 0.3) is 0 Å². The molecule has 6 nitrogen and oxygen atoms in total. The van der Waals surface area contributed by atoms with Crippen molar-refractivity contribution >= 4 is 5.91 Å². The average molecular weight is 364 g/mol. The van der Waals surface area contributed by atoms with Gasteiger partial charge in [-0.05, 0) is 36.8 Å². The van der Waals surface area contributed by atoms with Crippen molar-refractivity contribution in [3.63, 3.8) is 0 Å². The van der Waals surface area contributed by atoms with Crippen LogP contribution in [0, 0.1) is 0 Å². The van der Waals surface area contributed by atoms with Gasteiger partial charge in [-0.15, -0.1) is 0 Å². The van der Waals surface area contributed by atoms with Crippen LogP contribution in [0.1, 0.15) is 24.2 Å². The molecule has 1 aromatic carbocycles. The number of benzene rings is 1. The Kier molecular flexibility index (Phi) is 5.07. The first kappa shape index (κ1) is 17.5. The summed E-state index contributed by atoms with van der Waals surface area (Å²) in [5.74, 6) is 0.139. The first-order valence-corrected chi connectivity index (χ1v) is 9.37. The van der Waals surface area contributed by atoms with E-state index in [1.807, 2.05) is 70.8 Å². The highest BCUT2D eigenvalue weighted by atomic mass is 16.5. The van der Waals surface area contributed by atoms with Gasteiger partial charge in [-0.2, -0.15) is 5.10 Å². The molecule has 1 aliphatic rings. The fraction of sp³-hybridized carbons (Fsp3) is 0.333. The molecule has 0 bridgehead atoms. The minimum atomic E-state index is -0.0980. The van der Waals surface area contributed by atoms with E-state index >= 15 is 0 Å². The Balaban J connectivity index is 1.38. The van der Waals surface area contributed by atoms with Crippen LogP contribution in [-0.4, -0.2) is 44.9 Å². The second-order valence-corrected chi connectivity index (χ2v) is 6.76. The van der Waals surface area contributed by atoms with E-state index in [9.17, 15) is 4.79 Å². The maximum Gasteiger partial charge on any atom is 0.227 e. The zero-order valence-corrected chi connectivity index (χ0v) is 15.5. The molecule has 1 fully saturated rings. The first-order chi connectivity index (χ1) is 13.2. The van der Waals surface area contributed by atoms with Crippen molar-refractivity contribution in [2.24, 2.45) is 0 Å². The lowest BCUT2D eigenvalue weighted by molar-refractivity contribution is -0.138. The second-order valence-electron chi connectivity index (χ2n) is 6.76. The lowest BCUT2D eigenvalue weighted by atomic mass is 10.1. The molecule has 4 rings (SSSR count). The van der Waals surface area contributed by atoms with E-state index in [0.717, 1.165) is 23.4 Å². The van der Waals surface area contributed by atoms with E-state index in [1.54, 1.807) is 0 Å². The number of rotatable bonds is 5. The molecule has 2 aromatic heterocycles. The van der Waals surface area contributed by atoms with Crippen molar-refractivity contribution < 1.29 is 9.53 Å². The number of aromatic nitrogens is 3. The summed E-state index contributed by atoms with van der Waals surface area (Å²) in [5.41, 5.74) is 3.15. The number of ether oxygens (including phenoxy) is 1. The maximum atomic E-state index is 12.8. The third kappa shape index (κ3) is 3.95. The van der Waals surface area contributed by atoms with Crippen molar-refractivity contribution in [3.8, 4) is 5.69 Å². The number of aryl methyl sites for hydroxylation is 1. The standard InChI is InChI=1S/C21H24N4O2/c1-2-25-15-18(14-22-25)20-16-24(11-12-27-20)21(26)13-17-5-7-19(8-6-17)23-9-3-4-10-23/h3-10,14-15,20H,2,11-13,16H2,1H3/t20-/m0/s1. The van der Waals surface area contributed by atoms with Crippen LogP contribution in [-0.2, 0) is 22.5 Å². The predicted octanol–water partition coefficient (Wildman–Crippen LogP) is 2.84. The van der Waals surface area contributed by atoms with E-state index in [1.165, 1.54) is 0 Å². The van der Waals surface area contributed by atoms with Crippen molar-refractivity contribution in [2.75, 3.05) is 19.7 Å². The third-order valence-corrected chi connectivity index (χ3v) is 4.96. The normalized spacial score (nSPS) is 17.2. The Bertz CT molecular complexity index is 883. The van der Waals surface area contributed by atoms with E-state index < -0.39 is 0 Å². The van der Waals surface area contributed by atoms with Gasteiger partial charge in [0.15, 0.2) is 0 Å². The molecule has 0 N–H and O–H groups in total. The number of hydrogen-bond acceptors (Lipinski definition) is 3. The number of hydrogen-bond donors (Lipinski definition) is 0. The van der Waals surface area contributed by atoms with Gasteiger partial charge in [0.1, 0.15) is 6.10 Å². The summed E-state index contributed by atoms with van der Waals surface area (Å²) in [5, 5.41) is 4.31. The summed E-state index contributed by atoms with van der Waals surface area (Å²) >= 11 is 0. The fourth-order valence-corrected chi connectivity index (χ4v) is 3.38. The Morgan fingerprint density at radius 3 is 2.70 bits per heavy atom. The molecule has 1 saturated heterocycles. The van der Waals surface area contributed by atoms with Gasteiger partial charge >= 0.3 is 0 Å². The molecule has 140 valence electrons. The van der Waals surface area contributed by atoms with E-state index in [0.29, 0.717) is 26.1 Å². The molecule has 0 aliphatic carbocycles. The van der Waals surface area contributed by atoms with Crippen LogP contribution >= 0.6 is 0 Å². The molecule has 3 aromatic rings.